The summed E-state index contributed by atoms with van der Waals surface area (Å²) in [7, 11) is 0. The second-order valence-corrected chi connectivity index (χ2v) is 11.0. The van der Waals surface area contributed by atoms with Gasteiger partial charge in [0.15, 0.2) is 0 Å². The lowest BCUT2D eigenvalue weighted by Gasteiger charge is -2.36. The summed E-state index contributed by atoms with van der Waals surface area (Å²) in [6.45, 7) is 10.7. The van der Waals surface area contributed by atoms with Crippen molar-refractivity contribution in [1.82, 2.24) is 0 Å². The Morgan fingerprint density at radius 2 is 1.28 bits per heavy atom. The highest BCUT2D eigenvalue weighted by molar-refractivity contribution is 5.89. The number of carbonyl (C=O) groups is 2. The fourth-order valence-corrected chi connectivity index (χ4v) is 4.93. The fraction of sp³-hybridized carbons (Fsp3) is 0.590. The average Bonchev–Trinajstić information content (AvgIpc) is 2.98. The SMILES string of the molecule is C.CC/C=C\C/C=C\C/C=C\C/C=C\C/C=C\C/C=C\CCC(=O)C[C@H]1CC(C(=O)OCC)=C[C@@H](OC(CC)CC)[C@@H]1C. The Morgan fingerprint density at radius 1 is 0.791 bits per heavy atom. The number of Topliss-reactive ketones (excluding diaryl/α,β-unsaturated/α-hetero) is 1. The van der Waals surface area contributed by atoms with Crippen LogP contribution in [0.5, 0.6) is 0 Å². The van der Waals surface area contributed by atoms with Crippen LogP contribution in [0.3, 0.4) is 0 Å². The van der Waals surface area contributed by atoms with Crippen LogP contribution >= 0.6 is 0 Å². The lowest BCUT2D eigenvalue weighted by atomic mass is 9.76. The molecule has 0 saturated carbocycles. The zero-order valence-corrected chi connectivity index (χ0v) is 27.1. The molecule has 0 aliphatic heterocycles. The Hall–Kier alpha value is -2.72. The highest BCUT2D eigenvalue weighted by atomic mass is 16.5. The molecule has 1 rings (SSSR count). The number of allylic oxidation sites excluding steroid dienone is 12. The molecular formula is C39H62O4. The molecule has 0 fully saturated rings. The summed E-state index contributed by atoms with van der Waals surface area (Å²) < 4.78 is 11.6. The molecule has 0 heterocycles. The molecule has 242 valence electrons. The third-order valence-electron chi connectivity index (χ3n) is 7.58. The first-order valence-corrected chi connectivity index (χ1v) is 16.4. The first-order valence-electron chi connectivity index (χ1n) is 16.4. The molecule has 1 aliphatic carbocycles. The van der Waals surface area contributed by atoms with Gasteiger partial charge in [-0.25, -0.2) is 4.79 Å². The van der Waals surface area contributed by atoms with Crippen molar-refractivity contribution in [2.45, 2.75) is 131 Å². The largest absolute Gasteiger partial charge is 0.463 e. The van der Waals surface area contributed by atoms with Gasteiger partial charge in [0.1, 0.15) is 5.78 Å². The van der Waals surface area contributed by atoms with Crippen molar-refractivity contribution in [3.63, 3.8) is 0 Å². The maximum Gasteiger partial charge on any atom is 0.333 e. The molecule has 1 aliphatic rings. The van der Waals surface area contributed by atoms with Gasteiger partial charge in [0.2, 0.25) is 0 Å². The number of ketones is 1. The van der Waals surface area contributed by atoms with Crippen LogP contribution < -0.4 is 0 Å². The van der Waals surface area contributed by atoms with Crippen molar-refractivity contribution in [1.29, 1.82) is 0 Å². The third-order valence-corrected chi connectivity index (χ3v) is 7.58. The number of carbonyl (C=O) groups excluding carboxylic acids is 2. The number of hydrogen-bond acceptors (Lipinski definition) is 4. The van der Waals surface area contributed by atoms with Crippen molar-refractivity contribution in [2.24, 2.45) is 11.8 Å². The molecule has 0 aromatic rings. The maximum absolute atomic E-state index is 12.8. The van der Waals surface area contributed by atoms with Crippen LogP contribution in [0.1, 0.15) is 119 Å². The molecular weight excluding hydrogens is 532 g/mol. The molecule has 0 aromatic heterocycles. The quantitative estimate of drug-likeness (QED) is 0.0924. The Balaban J connectivity index is 0.0000176. The first kappa shape index (κ1) is 40.3. The maximum atomic E-state index is 12.8. The van der Waals surface area contributed by atoms with Gasteiger partial charge in [0, 0.05) is 18.4 Å². The van der Waals surface area contributed by atoms with Crippen LogP contribution in [0.2, 0.25) is 0 Å². The molecule has 0 bridgehead atoms. The number of hydrogen-bond donors (Lipinski definition) is 0. The van der Waals surface area contributed by atoms with Gasteiger partial charge in [-0.15, -0.1) is 0 Å². The molecule has 3 atom stereocenters. The smallest absolute Gasteiger partial charge is 0.333 e. The number of ether oxygens (including phenoxy) is 2. The second-order valence-electron chi connectivity index (χ2n) is 11.0. The molecule has 4 nitrogen and oxygen atoms in total. The van der Waals surface area contributed by atoms with Crippen LogP contribution in [0.15, 0.2) is 84.6 Å². The van der Waals surface area contributed by atoms with Gasteiger partial charge >= 0.3 is 5.97 Å². The van der Waals surface area contributed by atoms with Crippen LogP contribution in [0.25, 0.3) is 0 Å². The van der Waals surface area contributed by atoms with Crippen molar-refractivity contribution < 1.29 is 19.1 Å². The fourth-order valence-electron chi connectivity index (χ4n) is 4.93. The van der Waals surface area contributed by atoms with Crippen molar-refractivity contribution >= 4 is 11.8 Å². The van der Waals surface area contributed by atoms with Crippen LogP contribution in [-0.2, 0) is 19.1 Å². The van der Waals surface area contributed by atoms with Crippen LogP contribution in [0.4, 0.5) is 0 Å². The average molecular weight is 595 g/mol. The monoisotopic (exact) mass is 594 g/mol. The van der Waals surface area contributed by atoms with E-state index in [1.54, 1.807) is 0 Å². The van der Waals surface area contributed by atoms with E-state index in [9.17, 15) is 9.59 Å². The van der Waals surface area contributed by atoms with Gasteiger partial charge < -0.3 is 9.47 Å². The van der Waals surface area contributed by atoms with Crippen molar-refractivity contribution in [3.05, 3.63) is 84.6 Å². The Labute approximate surface area is 264 Å². The van der Waals surface area contributed by atoms with Gasteiger partial charge in [-0.05, 0) is 89.0 Å². The topological polar surface area (TPSA) is 52.6 Å². The zero-order chi connectivity index (χ0) is 30.8. The summed E-state index contributed by atoms with van der Waals surface area (Å²) >= 11 is 0. The Kier molecular flexibility index (Phi) is 25.2. The van der Waals surface area contributed by atoms with E-state index in [0.717, 1.165) is 57.8 Å². The molecule has 0 N–H and O–H groups in total. The van der Waals surface area contributed by atoms with E-state index in [1.165, 1.54) is 0 Å². The predicted molar refractivity (Wildman–Crippen MR) is 185 cm³/mol. The summed E-state index contributed by atoms with van der Waals surface area (Å²) in [6, 6.07) is 0. The van der Waals surface area contributed by atoms with Crippen LogP contribution in [-0.4, -0.2) is 30.6 Å². The van der Waals surface area contributed by atoms with E-state index >= 15 is 0 Å². The molecule has 4 heteroatoms. The minimum absolute atomic E-state index is 0. The van der Waals surface area contributed by atoms with E-state index in [2.05, 4.69) is 101 Å². The summed E-state index contributed by atoms with van der Waals surface area (Å²) in [4.78, 5) is 25.4. The highest BCUT2D eigenvalue weighted by Gasteiger charge is 2.35. The molecule has 0 unspecified atom stereocenters. The summed E-state index contributed by atoms with van der Waals surface area (Å²) in [6.07, 6.45) is 38.3. The van der Waals surface area contributed by atoms with Gasteiger partial charge in [-0.3, -0.25) is 4.79 Å². The number of rotatable bonds is 22. The summed E-state index contributed by atoms with van der Waals surface area (Å²) in [5, 5.41) is 0. The van der Waals surface area contributed by atoms with Crippen LogP contribution in [0, 0.1) is 11.8 Å². The second kappa shape index (κ2) is 26.9. The Bertz CT molecular complexity index is 942. The van der Waals surface area contributed by atoms with Gasteiger partial charge in [-0.1, -0.05) is 108 Å². The predicted octanol–water partition coefficient (Wildman–Crippen LogP) is 10.8. The minimum atomic E-state index is -0.280. The minimum Gasteiger partial charge on any atom is -0.463 e. The molecule has 0 aromatic carbocycles. The van der Waals surface area contributed by atoms with Gasteiger partial charge in [0.05, 0.1) is 18.8 Å². The van der Waals surface area contributed by atoms with Gasteiger partial charge in [0.25, 0.3) is 0 Å². The normalized spacial score (nSPS) is 19.5. The molecule has 0 spiro atoms. The summed E-state index contributed by atoms with van der Waals surface area (Å²) in [5.41, 5.74) is 0.653. The zero-order valence-electron chi connectivity index (χ0n) is 27.1. The van der Waals surface area contributed by atoms with E-state index in [0.29, 0.717) is 31.4 Å². The lowest BCUT2D eigenvalue weighted by Crippen LogP contribution is -2.36. The molecule has 0 radical (unpaired) electrons. The first-order chi connectivity index (χ1) is 20.5. The van der Waals surface area contributed by atoms with E-state index in [4.69, 9.17) is 9.47 Å². The molecule has 0 saturated heterocycles. The number of esters is 1. The highest BCUT2D eigenvalue weighted by Crippen LogP contribution is 2.35. The van der Waals surface area contributed by atoms with Gasteiger partial charge in [-0.2, -0.15) is 0 Å². The van der Waals surface area contributed by atoms with Crippen molar-refractivity contribution in [2.75, 3.05) is 6.61 Å². The molecule has 43 heavy (non-hydrogen) atoms. The Morgan fingerprint density at radius 3 is 1.74 bits per heavy atom. The molecule has 0 amide bonds. The summed E-state index contributed by atoms with van der Waals surface area (Å²) in [5.74, 6) is 0.237. The third kappa shape index (κ3) is 19.2. The lowest BCUT2D eigenvalue weighted by molar-refractivity contribution is -0.139. The van der Waals surface area contributed by atoms with E-state index < -0.39 is 0 Å². The van der Waals surface area contributed by atoms with Crippen molar-refractivity contribution in [3.8, 4) is 0 Å². The van der Waals surface area contributed by atoms with E-state index in [-0.39, 0.29) is 43.2 Å². The van der Waals surface area contributed by atoms with E-state index in [1.807, 2.05) is 13.0 Å². The standard InChI is InChI=1S/C38H58O4.CH4/c1-6-10-11-12-13-14-15-16-17-18-19-20-21-22-23-24-25-26-27-28-35(39)30-33-29-34(38(40)41-9-4)31-37(32(33)5)42-36(7-2)8-3;/h10-11,13-14,16-17,19-20,22-23,25-26,31-33,36-37H,6-9,12,15,18,21,24,27-30H2,1-5H3;1H4/b11-10-,14-13-,17-16-,20-19-,23-22-,26-25-;/t32-,33-,37-;/m1./s1.